The molecule has 4 N–H and O–H groups in total. The molecule has 0 aliphatic heterocycles. The molecule has 0 aliphatic rings. The summed E-state index contributed by atoms with van der Waals surface area (Å²) in [5.74, 6) is -0.142. The van der Waals surface area contributed by atoms with Gasteiger partial charge in [0.1, 0.15) is 17.4 Å². The van der Waals surface area contributed by atoms with Crippen LogP contribution in [0.5, 0.6) is 5.75 Å². The van der Waals surface area contributed by atoms with Crippen molar-refractivity contribution in [2.45, 2.75) is 66.0 Å². The number of aryl methyl sites for hydroxylation is 2. The first-order chi connectivity index (χ1) is 17.2. The molecule has 0 radical (unpaired) electrons. The minimum absolute atomic E-state index is 0.0576. The van der Waals surface area contributed by atoms with Gasteiger partial charge in [-0.05, 0) is 65.2 Å². The number of nitrogens with two attached hydrogens (primary N) is 1. The molecule has 3 amide bonds. The van der Waals surface area contributed by atoms with Crippen LogP contribution in [0.25, 0.3) is 0 Å². The summed E-state index contributed by atoms with van der Waals surface area (Å²) in [5.41, 5.74) is 7.84. The van der Waals surface area contributed by atoms with E-state index < -0.39 is 23.6 Å². The van der Waals surface area contributed by atoms with E-state index in [-0.39, 0.29) is 17.4 Å². The van der Waals surface area contributed by atoms with E-state index in [9.17, 15) is 14.4 Å². The second kappa shape index (κ2) is 12.4. The maximum Gasteiger partial charge on any atom is 0.410 e. The molecule has 0 spiro atoms. The summed E-state index contributed by atoms with van der Waals surface area (Å²) in [6.07, 6.45) is 0.544. The molecule has 11 heteroatoms. The van der Waals surface area contributed by atoms with Gasteiger partial charge in [-0.2, -0.15) is 0 Å². The SMILES string of the molecule is CCc1nc(C(N)=O)c(Nc2cc(CCNC(=O)[C@H](C)N(C)C(=O)OC(C)(C)C)cc(OC)c2)nc1C. The Labute approximate surface area is 218 Å². The Morgan fingerprint density at radius 2 is 1.84 bits per heavy atom. The number of aromatic nitrogens is 2. The number of ether oxygens (including phenoxy) is 2. The van der Waals surface area contributed by atoms with Crippen LogP contribution in [0.1, 0.15) is 62.1 Å². The van der Waals surface area contributed by atoms with Crippen molar-refractivity contribution in [2.75, 3.05) is 26.0 Å². The van der Waals surface area contributed by atoms with Gasteiger partial charge in [0.15, 0.2) is 11.5 Å². The fourth-order valence-electron chi connectivity index (χ4n) is 3.43. The number of hydrogen-bond acceptors (Lipinski definition) is 8. The standard InChI is InChI=1S/C26H38N6O5/c1-9-20-15(2)29-23(21(31-20)22(27)33)30-18-12-17(13-19(14-18)36-8)10-11-28-24(34)16(3)32(7)25(35)37-26(4,5)6/h12-14,16H,9-11H2,1-8H3,(H2,27,33)(H,28,34)(H,29,30)/t16-/m0/s1. The highest BCUT2D eigenvalue weighted by molar-refractivity contribution is 5.96. The summed E-state index contributed by atoms with van der Waals surface area (Å²) in [6.45, 7) is 11.0. The molecule has 0 saturated heterocycles. The lowest BCUT2D eigenvalue weighted by Crippen LogP contribution is -2.47. The quantitative estimate of drug-likeness (QED) is 0.438. The van der Waals surface area contributed by atoms with E-state index in [1.807, 2.05) is 26.0 Å². The monoisotopic (exact) mass is 514 g/mol. The summed E-state index contributed by atoms with van der Waals surface area (Å²) in [4.78, 5) is 46.9. The number of benzene rings is 1. The van der Waals surface area contributed by atoms with Crippen LogP contribution in [0.3, 0.4) is 0 Å². The Morgan fingerprint density at radius 3 is 2.41 bits per heavy atom. The fourth-order valence-corrected chi connectivity index (χ4v) is 3.43. The summed E-state index contributed by atoms with van der Waals surface area (Å²) >= 11 is 0. The predicted molar refractivity (Wildman–Crippen MR) is 141 cm³/mol. The van der Waals surface area contributed by atoms with Crippen LogP contribution in [0.4, 0.5) is 16.3 Å². The average Bonchev–Trinajstić information content (AvgIpc) is 2.81. The van der Waals surface area contributed by atoms with Gasteiger partial charge in [0, 0.05) is 25.3 Å². The number of carbonyl (C=O) groups excluding carboxylic acids is 3. The number of nitrogens with zero attached hydrogens (tertiary/aromatic N) is 3. The molecule has 1 heterocycles. The minimum Gasteiger partial charge on any atom is -0.497 e. The van der Waals surface area contributed by atoms with Gasteiger partial charge in [0.2, 0.25) is 5.91 Å². The average molecular weight is 515 g/mol. The van der Waals surface area contributed by atoms with Crippen LogP contribution >= 0.6 is 0 Å². The van der Waals surface area contributed by atoms with Crippen molar-refractivity contribution in [3.8, 4) is 5.75 Å². The number of likely N-dealkylation sites (N-methyl/N-ethyl adjacent to an activating group) is 1. The normalized spacial score (nSPS) is 11.9. The molecule has 1 atom stereocenters. The molecule has 0 aliphatic carbocycles. The van der Waals surface area contributed by atoms with Crippen molar-refractivity contribution in [1.29, 1.82) is 0 Å². The van der Waals surface area contributed by atoms with Crippen LogP contribution in [0, 0.1) is 6.92 Å². The Balaban J connectivity index is 2.12. The second-order valence-electron chi connectivity index (χ2n) is 9.67. The molecule has 0 fully saturated rings. The van der Waals surface area contributed by atoms with E-state index in [2.05, 4.69) is 20.6 Å². The Hall–Kier alpha value is -3.89. The number of primary amides is 1. The Bertz CT molecular complexity index is 1150. The van der Waals surface area contributed by atoms with Crippen molar-refractivity contribution in [3.63, 3.8) is 0 Å². The molecule has 1 aromatic heterocycles. The lowest BCUT2D eigenvalue weighted by atomic mass is 10.1. The summed E-state index contributed by atoms with van der Waals surface area (Å²) in [7, 11) is 3.07. The number of anilines is 2. The zero-order chi connectivity index (χ0) is 27.9. The van der Waals surface area contributed by atoms with Gasteiger partial charge >= 0.3 is 6.09 Å². The molecule has 37 heavy (non-hydrogen) atoms. The topological polar surface area (TPSA) is 149 Å². The highest BCUT2D eigenvalue weighted by Crippen LogP contribution is 2.25. The molecule has 202 valence electrons. The molecule has 1 aromatic carbocycles. The third kappa shape index (κ3) is 8.33. The maximum absolute atomic E-state index is 12.6. The maximum atomic E-state index is 12.6. The summed E-state index contributed by atoms with van der Waals surface area (Å²) in [6, 6.07) is 4.76. The minimum atomic E-state index is -0.711. The highest BCUT2D eigenvalue weighted by atomic mass is 16.6. The smallest absolute Gasteiger partial charge is 0.410 e. The molecular formula is C26H38N6O5. The van der Waals surface area contributed by atoms with E-state index in [0.29, 0.717) is 42.2 Å². The summed E-state index contributed by atoms with van der Waals surface area (Å²) in [5, 5.41) is 5.97. The predicted octanol–water partition coefficient (Wildman–Crippen LogP) is 3.11. The number of hydrogen-bond donors (Lipinski definition) is 3. The van der Waals surface area contributed by atoms with Crippen LogP contribution in [-0.4, -0.2) is 65.1 Å². The van der Waals surface area contributed by atoms with Crippen LogP contribution in [-0.2, 0) is 22.4 Å². The van der Waals surface area contributed by atoms with Gasteiger partial charge in [-0.1, -0.05) is 6.92 Å². The first-order valence-electron chi connectivity index (χ1n) is 12.1. The third-order valence-corrected chi connectivity index (χ3v) is 5.56. The van der Waals surface area contributed by atoms with Crippen LogP contribution in [0.15, 0.2) is 18.2 Å². The third-order valence-electron chi connectivity index (χ3n) is 5.56. The van der Waals surface area contributed by atoms with Gasteiger partial charge in [-0.3, -0.25) is 14.5 Å². The molecule has 0 saturated carbocycles. The number of nitrogens with one attached hydrogen (secondary N) is 2. The fraction of sp³-hybridized carbons (Fsp3) is 0.500. The largest absolute Gasteiger partial charge is 0.497 e. The number of carbonyl (C=O) groups is 3. The first-order valence-corrected chi connectivity index (χ1v) is 12.1. The highest BCUT2D eigenvalue weighted by Gasteiger charge is 2.26. The number of rotatable bonds is 10. The van der Waals surface area contributed by atoms with Crippen LogP contribution < -0.4 is 21.1 Å². The van der Waals surface area contributed by atoms with Crippen LogP contribution in [0.2, 0.25) is 0 Å². The van der Waals surface area contributed by atoms with E-state index in [4.69, 9.17) is 15.2 Å². The molecular weight excluding hydrogens is 476 g/mol. The van der Waals surface area contributed by atoms with Crippen molar-refractivity contribution < 1.29 is 23.9 Å². The lowest BCUT2D eigenvalue weighted by molar-refractivity contribution is -0.125. The molecule has 2 aromatic rings. The van der Waals surface area contributed by atoms with E-state index in [1.165, 1.54) is 11.9 Å². The van der Waals surface area contributed by atoms with E-state index >= 15 is 0 Å². The zero-order valence-electron chi connectivity index (χ0n) is 22.9. The van der Waals surface area contributed by atoms with E-state index in [0.717, 1.165) is 5.56 Å². The number of methoxy groups -OCH3 is 1. The molecule has 11 nitrogen and oxygen atoms in total. The van der Waals surface area contributed by atoms with Gasteiger partial charge in [-0.25, -0.2) is 14.8 Å². The molecule has 2 rings (SSSR count). The second-order valence-corrected chi connectivity index (χ2v) is 9.67. The van der Waals surface area contributed by atoms with Gasteiger partial charge in [0.25, 0.3) is 5.91 Å². The van der Waals surface area contributed by atoms with Gasteiger partial charge in [0.05, 0.1) is 18.5 Å². The number of amides is 3. The van der Waals surface area contributed by atoms with Crippen molar-refractivity contribution >= 4 is 29.4 Å². The first kappa shape index (κ1) is 29.3. The van der Waals surface area contributed by atoms with Crippen molar-refractivity contribution in [2.24, 2.45) is 5.73 Å². The molecule has 0 bridgehead atoms. The summed E-state index contributed by atoms with van der Waals surface area (Å²) < 4.78 is 10.7. The van der Waals surface area contributed by atoms with Gasteiger partial charge < -0.3 is 25.8 Å². The molecule has 0 unspecified atom stereocenters. The van der Waals surface area contributed by atoms with E-state index in [1.54, 1.807) is 40.9 Å². The lowest BCUT2D eigenvalue weighted by Gasteiger charge is -2.28. The Kier molecular flexibility index (Phi) is 9.81. The van der Waals surface area contributed by atoms with Gasteiger partial charge in [-0.15, -0.1) is 0 Å². The zero-order valence-corrected chi connectivity index (χ0v) is 22.9. The Morgan fingerprint density at radius 1 is 1.16 bits per heavy atom. The van der Waals surface area contributed by atoms with Crippen molar-refractivity contribution in [3.05, 3.63) is 40.8 Å². The van der Waals surface area contributed by atoms with Crippen molar-refractivity contribution in [1.82, 2.24) is 20.2 Å².